The lowest BCUT2D eigenvalue weighted by atomic mass is 10.2. The SMILES string of the molecule is CCCCc1nnc(C)n1CCCN. The van der Waals surface area contributed by atoms with Gasteiger partial charge >= 0.3 is 0 Å². The molecule has 0 aliphatic rings. The molecule has 1 aromatic rings. The number of unbranched alkanes of at least 4 members (excludes halogenated alkanes) is 1. The van der Waals surface area contributed by atoms with Gasteiger partial charge in [-0.05, 0) is 26.3 Å². The lowest BCUT2D eigenvalue weighted by Crippen LogP contribution is -2.10. The first kappa shape index (κ1) is 11.2. The molecule has 0 spiro atoms. The number of aromatic nitrogens is 3. The molecule has 0 saturated heterocycles. The largest absolute Gasteiger partial charge is 0.330 e. The van der Waals surface area contributed by atoms with E-state index in [9.17, 15) is 0 Å². The van der Waals surface area contributed by atoms with Crippen LogP contribution in [0.2, 0.25) is 0 Å². The van der Waals surface area contributed by atoms with Crippen LogP contribution in [0.1, 0.15) is 37.8 Å². The predicted octanol–water partition coefficient (Wildman–Crippen LogP) is 1.28. The maximum Gasteiger partial charge on any atom is 0.132 e. The molecule has 80 valence electrons. The molecule has 0 aliphatic heterocycles. The van der Waals surface area contributed by atoms with Crippen LogP contribution in [0.4, 0.5) is 0 Å². The van der Waals surface area contributed by atoms with Crippen molar-refractivity contribution in [2.45, 2.75) is 46.1 Å². The van der Waals surface area contributed by atoms with Crippen LogP contribution in [0, 0.1) is 6.92 Å². The van der Waals surface area contributed by atoms with Gasteiger partial charge in [-0.15, -0.1) is 10.2 Å². The fraction of sp³-hybridized carbons (Fsp3) is 0.800. The smallest absolute Gasteiger partial charge is 0.132 e. The number of nitrogens with zero attached hydrogens (tertiary/aromatic N) is 3. The van der Waals surface area contributed by atoms with E-state index in [0.29, 0.717) is 0 Å². The Morgan fingerprint density at radius 3 is 2.71 bits per heavy atom. The van der Waals surface area contributed by atoms with Crippen LogP contribution >= 0.6 is 0 Å². The summed E-state index contributed by atoms with van der Waals surface area (Å²) < 4.78 is 2.18. The van der Waals surface area contributed by atoms with Crippen molar-refractivity contribution < 1.29 is 0 Å². The van der Waals surface area contributed by atoms with Gasteiger partial charge in [-0.3, -0.25) is 0 Å². The van der Waals surface area contributed by atoms with E-state index < -0.39 is 0 Å². The molecular formula is C10H20N4. The fourth-order valence-electron chi connectivity index (χ4n) is 1.48. The van der Waals surface area contributed by atoms with Crippen molar-refractivity contribution in [2.75, 3.05) is 6.54 Å². The van der Waals surface area contributed by atoms with Gasteiger partial charge in [0.15, 0.2) is 0 Å². The van der Waals surface area contributed by atoms with Gasteiger partial charge in [-0.25, -0.2) is 0 Å². The summed E-state index contributed by atoms with van der Waals surface area (Å²) in [6.07, 6.45) is 4.41. The molecule has 0 unspecified atom stereocenters. The second kappa shape index (κ2) is 5.75. The molecule has 0 fully saturated rings. The molecule has 0 aliphatic carbocycles. The Hall–Kier alpha value is -0.900. The van der Waals surface area contributed by atoms with Crippen molar-refractivity contribution >= 4 is 0 Å². The fourth-order valence-corrected chi connectivity index (χ4v) is 1.48. The Morgan fingerprint density at radius 1 is 1.29 bits per heavy atom. The summed E-state index contributed by atoms with van der Waals surface area (Å²) in [7, 11) is 0. The highest BCUT2D eigenvalue weighted by Gasteiger charge is 2.06. The molecule has 0 atom stereocenters. The van der Waals surface area contributed by atoms with Crippen LogP contribution < -0.4 is 5.73 Å². The van der Waals surface area contributed by atoms with Crippen molar-refractivity contribution in [1.29, 1.82) is 0 Å². The summed E-state index contributed by atoms with van der Waals surface area (Å²) in [5, 5.41) is 8.27. The summed E-state index contributed by atoms with van der Waals surface area (Å²) in [5.74, 6) is 2.11. The number of nitrogens with two attached hydrogens (primary N) is 1. The number of hydrogen-bond donors (Lipinski definition) is 1. The minimum atomic E-state index is 0.727. The van der Waals surface area contributed by atoms with Crippen LogP contribution in [0.3, 0.4) is 0 Å². The Balaban J connectivity index is 2.62. The minimum Gasteiger partial charge on any atom is -0.330 e. The molecule has 1 heterocycles. The van der Waals surface area contributed by atoms with Crippen LogP contribution in [0.15, 0.2) is 0 Å². The van der Waals surface area contributed by atoms with Crippen molar-refractivity contribution in [1.82, 2.24) is 14.8 Å². The molecule has 0 bridgehead atoms. The quantitative estimate of drug-likeness (QED) is 0.745. The standard InChI is InChI=1S/C10H20N4/c1-3-4-6-10-13-12-9(2)14(10)8-5-7-11/h3-8,11H2,1-2H3. The third-order valence-electron chi connectivity index (χ3n) is 2.35. The summed E-state index contributed by atoms with van der Waals surface area (Å²) in [6, 6.07) is 0. The zero-order chi connectivity index (χ0) is 10.4. The predicted molar refractivity (Wildman–Crippen MR) is 57.0 cm³/mol. The molecular weight excluding hydrogens is 176 g/mol. The third-order valence-corrected chi connectivity index (χ3v) is 2.35. The first-order valence-electron chi connectivity index (χ1n) is 5.38. The molecule has 1 rings (SSSR count). The lowest BCUT2D eigenvalue weighted by Gasteiger charge is -2.06. The molecule has 14 heavy (non-hydrogen) atoms. The lowest BCUT2D eigenvalue weighted by molar-refractivity contribution is 0.592. The first-order chi connectivity index (χ1) is 6.79. The summed E-state index contributed by atoms with van der Waals surface area (Å²) in [4.78, 5) is 0. The number of aryl methyl sites for hydroxylation is 2. The highest BCUT2D eigenvalue weighted by atomic mass is 15.3. The summed E-state index contributed by atoms with van der Waals surface area (Å²) in [6.45, 7) is 5.87. The number of hydrogen-bond acceptors (Lipinski definition) is 3. The van der Waals surface area contributed by atoms with Gasteiger partial charge in [-0.2, -0.15) is 0 Å². The van der Waals surface area contributed by atoms with Gasteiger partial charge in [0.1, 0.15) is 11.6 Å². The average Bonchev–Trinajstić information content (AvgIpc) is 2.53. The molecule has 4 heteroatoms. The van der Waals surface area contributed by atoms with Crippen LogP contribution in [0.25, 0.3) is 0 Å². The topological polar surface area (TPSA) is 56.7 Å². The third kappa shape index (κ3) is 2.80. The van der Waals surface area contributed by atoms with Gasteiger partial charge in [0, 0.05) is 13.0 Å². The monoisotopic (exact) mass is 196 g/mol. The second-order valence-electron chi connectivity index (χ2n) is 3.56. The van der Waals surface area contributed by atoms with Crippen molar-refractivity contribution in [3.8, 4) is 0 Å². The zero-order valence-corrected chi connectivity index (χ0v) is 9.16. The van der Waals surface area contributed by atoms with E-state index in [-0.39, 0.29) is 0 Å². The maximum absolute atomic E-state index is 5.49. The van der Waals surface area contributed by atoms with Crippen molar-refractivity contribution in [2.24, 2.45) is 5.73 Å². The van der Waals surface area contributed by atoms with Crippen LogP contribution in [-0.4, -0.2) is 21.3 Å². The highest BCUT2D eigenvalue weighted by Crippen LogP contribution is 2.06. The molecule has 4 nitrogen and oxygen atoms in total. The maximum atomic E-state index is 5.49. The van der Waals surface area contributed by atoms with E-state index in [1.807, 2.05) is 6.92 Å². The first-order valence-corrected chi connectivity index (χ1v) is 5.38. The van der Waals surface area contributed by atoms with E-state index in [4.69, 9.17) is 5.73 Å². The Bertz CT molecular complexity index is 267. The van der Waals surface area contributed by atoms with Gasteiger partial charge in [0.05, 0.1) is 0 Å². The zero-order valence-electron chi connectivity index (χ0n) is 9.16. The van der Waals surface area contributed by atoms with Gasteiger partial charge in [0.25, 0.3) is 0 Å². The molecule has 0 amide bonds. The molecule has 2 N–H and O–H groups in total. The van der Waals surface area contributed by atoms with Crippen LogP contribution in [-0.2, 0) is 13.0 Å². The molecule has 0 aromatic carbocycles. The molecule has 1 aromatic heterocycles. The van der Waals surface area contributed by atoms with Crippen molar-refractivity contribution in [3.05, 3.63) is 11.6 Å². The summed E-state index contributed by atoms with van der Waals surface area (Å²) >= 11 is 0. The Labute approximate surface area is 85.5 Å². The number of rotatable bonds is 6. The average molecular weight is 196 g/mol. The highest BCUT2D eigenvalue weighted by molar-refractivity contribution is 4.94. The van der Waals surface area contributed by atoms with E-state index in [1.54, 1.807) is 0 Å². The second-order valence-corrected chi connectivity index (χ2v) is 3.56. The summed E-state index contributed by atoms with van der Waals surface area (Å²) in [5.41, 5.74) is 5.49. The normalized spacial score (nSPS) is 10.8. The van der Waals surface area contributed by atoms with Gasteiger partial charge in [-0.1, -0.05) is 13.3 Å². The Morgan fingerprint density at radius 2 is 2.07 bits per heavy atom. The van der Waals surface area contributed by atoms with E-state index in [2.05, 4.69) is 21.7 Å². The van der Waals surface area contributed by atoms with Gasteiger partial charge < -0.3 is 10.3 Å². The molecule has 0 saturated carbocycles. The van der Waals surface area contributed by atoms with Crippen molar-refractivity contribution in [3.63, 3.8) is 0 Å². The van der Waals surface area contributed by atoms with Gasteiger partial charge in [0.2, 0.25) is 0 Å². The Kier molecular flexibility index (Phi) is 4.59. The minimum absolute atomic E-state index is 0.727. The molecule has 0 radical (unpaired) electrons. The van der Waals surface area contributed by atoms with E-state index in [0.717, 1.165) is 37.6 Å². The van der Waals surface area contributed by atoms with Crippen LogP contribution in [0.5, 0.6) is 0 Å². The van der Waals surface area contributed by atoms with E-state index >= 15 is 0 Å². The van der Waals surface area contributed by atoms with E-state index in [1.165, 1.54) is 12.8 Å².